The Kier molecular flexibility index (Phi) is 6.66. The first-order valence-electron chi connectivity index (χ1n) is 9.21. The van der Waals surface area contributed by atoms with Crippen molar-refractivity contribution in [2.24, 2.45) is 0 Å². The first kappa shape index (κ1) is 23.2. The maximum absolute atomic E-state index is 14.6. The van der Waals surface area contributed by atoms with Gasteiger partial charge in [0.1, 0.15) is 15.0 Å². The summed E-state index contributed by atoms with van der Waals surface area (Å²) in [5.74, 6) is -1.71. The van der Waals surface area contributed by atoms with Crippen molar-refractivity contribution in [3.05, 3.63) is 87.4 Å². The van der Waals surface area contributed by atoms with Gasteiger partial charge in [0.15, 0.2) is 5.13 Å². The van der Waals surface area contributed by atoms with Crippen LogP contribution in [-0.4, -0.2) is 29.1 Å². The Morgan fingerprint density at radius 1 is 1.12 bits per heavy atom. The summed E-state index contributed by atoms with van der Waals surface area (Å²) >= 11 is 12.5. The van der Waals surface area contributed by atoms with E-state index in [4.69, 9.17) is 23.2 Å². The largest absolute Gasteiger partial charge is 0.319 e. The number of aromatic nitrogens is 3. The standard InChI is InChI=1S/C20H14Cl2FN5O3S2/c21-14-4-1-12(2-5-14)10-28-11-15(8-25-28)26-19(29)13-3-6-17(16(23)7-13)33(30,31)27-20-24-9-18(22)32-20/h1-9,11H,10H2,(H,24,27)(H,26,29). The van der Waals surface area contributed by atoms with Crippen LogP contribution in [0.15, 0.2) is 66.0 Å². The number of benzene rings is 2. The van der Waals surface area contributed by atoms with Crippen molar-refractivity contribution in [3.63, 3.8) is 0 Å². The lowest BCUT2D eigenvalue weighted by Crippen LogP contribution is -2.16. The Bertz CT molecular complexity index is 1420. The van der Waals surface area contributed by atoms with Crippen LogP contribution in [0.25, 0.3) is 0 Å². The first-order chi connectivity index (χ1) is 15.7. The summed E-state index contributed by atoms with van der Waals surface area (Å²) in [6.45, 7) is 0.464. The van der Waals surface area contributed by atoms with E-state index in [2.05, 4.69) is 20.1 Å². The van der Waals surface area contributed by atoms with Gasteiger partial charge in [0.05, 0.1) is 24.6 Å². The topological polar surface area (TPSA) is 106 Å². The van der Waals surface area contributed by atoms with Gasteiger partial charge in [-0.1, -0.05) is 46.7 Å². The molecule has 0 aliphatic heterocycles. The second-order valence-corrected chi connectivity index (χ2v) is 10.5. The molecule has 0 aliphatic rings. The molecule has 2 N–H and O–H groups in total. The average molecular weight is 526 g/mol. The van der Waals surface area contributed by atoms with Crippen molar-refractivity contribution >= 4 is 61.3 Å². The molecule has 0 atom stereocenters. The summed E-state index contributed by atoms with van der Waals surface area (Å²) in [7, 11) is -4.25. The van der Waals surface area contributed by atoms with Gasteiger partial charge >= 0.3 is 0 Å². The summed E-state index contributed by atoms with van der Waals surface area (Å²) < 4.78 is 43.5. The number of hydrogen-bond acceptors (Lipinski definition) is 6. The third kappa shape index (κ3) is 5.69. The average Bonchev–Trinajstić information content (AvgIpc) is 3.37. The summed E-state index contributed by atoms with van der Waals surface area (Å²) in [5.41, 5.74) is 1.30. The molecule has 2 heterocycles. The van der Waals surface area contributed by atoms with E-state index >= 15 is 0 Å². The molecule has 0 unspecified atom stereocenters. The van der Waals surface area contributed by atoms with Crippen LogP contribution in [0.4, 0.5) is 15.2 Å². The number of sulfonamides is 1. The number of nitrogens with one attached hydrogen (secondary N) is 2. The van der Waals surface area contributed by atoms with Crippen molar-refractivity contribution in [2.45, 2.75) is 11.4 Å². The van der Waals surface area contributed by atoms with Crippen LogP contribution in [0.1, 0.15) is 15.9 Å². The molecule has 1 amide bonds. The minimum absolute atomic E-state index is 0.00293. The van der Waals surface area contributed by atoms with Gasteiger partial charge in [0.25, 0.3) is 15.9 Å². The number of carbonyl (C=O) groups excluding carboxylic acids is 1. The summed E-state index contributed by atoms with van der Waals surface area (Å²) in [6.07, 6.45) is 4.34. The molecular weight excluding hydrogens is 512 g/mol. The Hall–Kier alpha value is -2.99. The van der Waals surface area contributed by atoms with E-state index in [0.717, 1.165) is 29.0 Å². The highest BCUT2D eigenvalue weighted by molar-refractivity contribution is 7.93. The Morgan fingerprint density at radius 2 is 1.88 bits per heavy atom. The lowest BCUT2D eigenvalue weighted by Gasteiger charge is -2.08. The summed E-state index contributed by atoms with van der Waals surface area (Å²) in [6, 6.07) is 10.3. The smallest absolute Gasteiger partial charge is 0.266 e. The lowest BCUT2D eigenvalue weighted by atomic mass is 10.2. The lowest BCUT2D eigenvalue weighted by molar-refractivity contribution is 0.102. The molecule has 4 rings (SSSR count). The highest BCUT2D eigenvalue weighted by Crippen LogP contribution is 2.26. The number of thiazole rings is 1. The maximum atomic E-state index is 14.6. The van der Waals surface area contributed by atoms with E-state index in [9.17, 15) is 17.6 Å². The first-order valence-corrected chi connectivity index (χ1v) is 12.3. The molecule has 0 fully saturated rings. The molecule has 0 aliphatic carbocycles. The predicted molar refractivity (Wildman–Crippen MR) is 125 cm³/mol. The molecule has 2 aromatic carbocycles. The predicted octanol–water partition coefficient (Wildman–Crippen LogP) is 4.89. The maximum Gasteiger partial charge on any atom is 0.266 e. The normalized spacial score (nSPS) is 11.4. The van der Waals surface area contributed by atoms with E-state index in [-0.39, 0.29) is 15.0 Å². The molecule has 0 spiro atoms. The van der Waals surface area contributed by atoms with Crippen LogP contribution < -0.4 is 10.0 Å². The van der Waals surface area contributed by atoms with Gasteiger partial charge in [0.2, 0.25) is 0 Å². The van der Waals surface area contributed by atoms with Crippen molar-refractivity contribution < 1.29 is 17.6 Å². The fourth-order valence-corrected chi connectivity index (χ4v) is 5.07. The molecule has 13 heteroatoms. The van der Waals surface area contributed by atoms with Crippen molar-refractivity contribution in [2.75, 3.05) is 10.0 Å². The van der Waals surface area contributed by atoms with Gasteiger partial charge in [0, 0.05) is 16.8 Å². The Morgan fingerprint density at radius 3 is 2.55 bits per heavy atom. The van der Waals surface area contributed by atoms with Gasteiger partial charge < -0.3 is 5.32 Å². The summed E-state index contributed by atoms with van der Waals surface area (Å²) in [4.78, 5) is 15.7. The van der Waals surface area contributed by atoms with E-state index in [1.807, 2.05) is 12.1 Å². The van der Waals surface area contributed by atoms with Gasteiger partial charge in [-0.3, -0.25) is 14.2 Å². The molecule has 8 nitrogen and oxygen atoms in total. The molecule has 2 aromatic heterocycles. The van der Waals surface area contributed by atoms with Crippen LogP contribution in [0.3, 0.4) is 0 Å². The zero-order chi connectivity index (χ0) is 23.6. The molecule has 33 heavy (non-hydrogen) atoms. The number of carbonyl (C=O) groups is 1. The van der Waals surface area contributed by atoms with E-state index in [0.29, 0.717) is 17.3 Å². The number of amides is 1. The van der Waals surface area contributed by atoms with E-state index in [1.54, 1.807) is 23.0 Å². The van der Waals surface area contributed by atoms with Crippen molar-refractivity contribution in [1.82, 2.24) is 14.8 Å². The van der Waals surface area contributed by atoms with Gasteiger partial charge in [-0.25, -0.2) is 17.8 Å². The SMILES string of the molecule is O=C(Nc1cnn(Cc2ccc(Cl)cc2)c1)c1ccc(S(=O)(=O)Nc2ncc(Cl)s2)c(F)c1. The quantitative estimate of drug-likeness (QED) is 0.357. The molecular formula is C20H14Cl2FN5O3S2. The van der Waals surface area contributed by atoms with Crippen LogP contribution in [0.5, 0.6) is 0 Å². The highest BCUT2D eigenvalue weighted by Gasteiger charge is 2.22. The fourth-order valence-electron chi connectivity index (χ4n) is 2.83. The van der Waals surface area contributed by atoms with Gasteiger partial charge in [-0.15, -0.1) is 0 Å². The molecule has 0 radical (unpaired) electrons. The minimum Gasteiger partial charge on any atom is -0.319 e. The molecule has 170 valence electrons. The summed E-state index contributed by atoms with van der Waals surface area (Å²) in [5, 5.41) is 7.41. The van der Waals surface area contributed by atoms with Crippen molar-refractivity contribution in [1.29, 1.82) is 0 Å². The van der Waals surface area contributed by atoms with Gasteiger partial charge in [-0.2, -0.15) is 5.10 Å². The van der Waals surface area contributed by atoms with Crippen LogP contribution in [-0.2, 0) is 16.6 Å². The number of rotatable bonds is 7. The van der Waals surface area contributed by atoms with Crippen LogP contribution >= 0.6 is 34.5 Å². The van der Waals surface area contributed by atoms with Crippen LogP contribution in [0.2, 0.25) is 9.36 Å². The molecule has 0 saturated heterocycles. The zero-order valence-electron chi connectivity index (χ0n) is 16.5. The molecule has 4 aromatic rings. The van der Waals surface area contributed by atoms with E-state index in [1.165, 1.54) is 18.5 Å². The van der Waals surface area contributed by atoms with Crippen molar-refractivity contribution in [3.8, 4) is 0 Å². The highest BCUT2D eigenvalue weighted by atomic mass is 35.5. The van der Waals surface area contributed by atoms with E-state index < -0.39 is 26.6 Å². The molecule has 0 saturated carbocycles. The second-order valence-electron chi connectivity index (χ2n) is 6.73. The Balaban J connectivity index is 1.44. The number of halogens is 3. The minimum atomic E-state index is -4.25. The number of anilines is 2. The fraction of sp³-hybridized carbons (Fsp3) is 0.0500. The zero-order valence-corrected chi connectivity index (χ0v) is 19.6. The number of hydrogen-bond donors (Lipinski definition) is 2. The van der Waals surface area contributed by atoms with Gasteiger partial charge in [-0.05, 0) is 35.9 Å². The molecule has 0 bridgehead atoms. The third-order valence-corrected chi connectivity index (χ3v) is 7.12. The Labute approximate surface area is 202 Å². The third-order valence-electron chi connectivity index (χ3n) is 4.33. The number of nitrogens with zero attached hydrogens (tertiary/aromatic N) is 3. The second kappa shape index (κ2) is 9.48. The monoisotopic (exact) mass is 525 g/mol. The van der Waals surface area contributed by atoms with Crippen LogP contribution in [0, 0.1) is 5.82 Å².